The zero-order valence-electron chi connectivity index (χ0n) is 24.7. The molecule has 0 aliphatic carbocycles. The minimum Gasteiger partial charge on any atom is -0.483 e. The number of morpholine rings is 1. The van der Waals surface area contributed by atoms with Crippen LogP contribution in [0.4, 0.5) is 0 Å². The predicted molar refractivity (Wildman–Crippen MR) is 154 cm³/mol. The lowest BCUT2D eigenvalue weighted by atomic mass is 9.79. The van der Waals surface area contributed by atoms with Crippen molar-refractivity contribution in [1.82, 2.24) is 9.80 Å². The van der Waals surface area contributed by atoms with Crippen molar-refractivity contribution in [2.75, 3.05) is 53.0 Å². The lowest BCUT2D eigenvalue weighted by Gasteiger charge is -2.42. The Balaban J connectivity index is 1.60. The second-order valence-corrected chi connectivity index (χ2v) is 12.2. The van der Waals surface area contributed by atoms with Gasteiger partial charge in [0.1, 0.15) is 17.1 Å². The number of fused-ring (bicyclic) bond motifs is 2. The molecule has 6 heteroatoms. The summed E-state index contributed by atoms with van der Waals surface area (Å²) >= 11 is 0. The van der Waals surface area contributed by atoms with Gasteiger partial charge in [-0.25, -0.2) is 0 Å². The molecule has 1 fully saturated rings. The van der Waals surface area contributed by atoms with E-state index in [1.165, 1.54) is 42.4 Å². The Morgan fingerprint density at radius 3 is 2.61 bits per heavy atom. The number of benzene rings is 1. The third-order valence-corrected chi connectivity index (χ3v) is 8.84. The van der Waals surface area contributed by atoms with Gasteiger partial charge in [-0.2, -0.15) is 0 Å². The smallest absolute Gasteiger partial charge is 0.311 e. The van der Waals surface area contributed by atoms with E-state index in [4.69, 9.17) is 14.2 Å². The molecule has 0 saturated carbocycles. The Kier molecular flexibility index (Phi) is 9.94. The van der Waals surface area contributed by atoms with Gasteiger partial charge >= 0.3 is 5.97 Å². The lowest BCUT2D eigenvalue weighted by Crippen LogP contribution is -2.41. The van der Waals surface area contributed by atoms with Gasteiger partial charge in [0, 0.05) is 32.6 Å². The number of nitrogens with zero attached hydrogens (tertiary/aromatic N) is 2. The summed E-state index contributed by atoms with van der Waals surface area (Å²) in [6, 6.07) is 4.37. The molecule has 3 aliphatic rings. The first-order valence-corrected chi connectivity index (χ1v) is 15.0. The normalized spacial score (nSPS) is 21.3. The Bertz CT molecular complexity index is 995. The molecule has 3 heterocycles. The molecule has 1 saturated heterocycles. The molecule has 0 bridgehead atoms. The highest BCUT2D eigenvalue weighted by atomic mass is 16.5. The van der Waals surface area contributed by atoms with Crippen LogP contribution in [-0.2, 0) is 9.53 Å². The molecule has 0 spiro atoms. The largest absolute Gasteiger partial charge is 0.483 e. The average molecular weight is 527 g/mol. The standard InChI is InChI=1S/C32H50N2O4/c1-7-8-9-11-23(2)24(3)25-20-28(37-30(35)12-10-14-34-16-18-36-19-17-34)31-26-22-33(6)15-13-27(26)32(4,5)38-29(31)21-25/h20-21,23-24H,7-19,22H2,1-6H3. The summed E-state index contributed by atoms with van der Waals surface area (Å²) in [4.78, 5) is 17.9. The number of hydrogen-bond donors (Lipinski definition) is 0. The first-order chi connectivity index (χ1) is 18.2. The van der Waals surface area contributed by atoms with E-state index in [1.54, 1.807) is 0 Å². The summed E-state index contributed by atoms with van der Waals surface area (Å²) in [5, 5.41) is 0. The summed E-state index contributed by atoms with van der Waals surface area (Å²) < 4.78 is 18.3. The number of carbonyl (C=O) groups excluding carboxylic acids is 1. The lowest BCUT2D eigenvalue weighted by molar-refractivity contribution is -0.134. The molecule has 6 nitrogen and oxygen atoms in total. The van der Waals surface area contributed by atoms with E-state index in [9.17, 15) is 4.79 Å². The van der Waals surface area contributed by atoms with Crippen LogP contribution in [0.2, 0.25) is 0 Å². The monoisotopic (exact) mass is 526 g/mol. The number of likely N-dealkylation sites (N-methyl/N-ethyl adjacent to an activating group) is 1. The van der Waals surface area contributed by atoms with Crippen LogP contribution < -0.4 is 9.47 Å². The van der Waals surface area contributed by atoms with E-state index in [0.29, 0.717) is 24.0 Å². The topological polar surface area (TPSA) is 51.2 Å². The van der Waals surface area contributed by atoms with Crippen LogP contribution in [0.1, 0.15) is 96.6 Å². The average Bonchev–Trinajstić information content (AvgIpc) is 2.88. The summed E-state index contributed by atoms with van der Waals surface area (Å²) in [6.45, 7) is 17.5. The van der Waals surface area contributed by atoms with Gasteiger partial charge in [-0.15, -0.1) is 0 Å². The molecule has 0 radical (unpaired) electrons. The van der Waals surface area contributed by atoms with Crippen LogP contribution in [-0.4, -0.2) is 74.4 Å². The molecule has 1 aromatic rings. The van der Waals surface area contributed by atoms with Crippen molar-refractivity contribution < 1.29 is 19.0 Å². The summed E-state index contributed by atoms with van der Waals surface area (Å²) in [6.07, 6.45) is 7.15. The molecular formula is C32H50N2O4. The highest BCUT2D eigenvalue weighted by Crippen LogP contribution is 2.49. The van der Waals surface area contributed by atoms with Crippen LogP contribution in [0.3, 0.4) is 0 Å². The van der Waals surface area contributed by atoms with Gasteiger partial charge in [-0.3, -0.25) is 9.69 Å². The molecule has 0 N–H and O–H groups in total. The maximum atomic E-state index is 13.1. The second kappa shape index (κ2) is 13.0. The molecule has 4 rings (SSSR count). The zero-order valence-corrected chi connectivity index (χ0v) is 24.7. The highest BCUT2D eigenvalue weighted by molar-refractivity contribution is 5.85. The highest BCUT2D eigenvalue weighted by Gasteiger charge is 2.39. The summed E-state index contributed by atoms with van der Waals surface area (Å²) in [5.41, 5.74) is 4.44. The fraction of sp³-hybridized carbons (Fsp3) is 0.719. The van der Waals surface area contributed by atoms with Gasteiger partial charge in [0.05, 0.1) is 18.8 Å². The molecule has 38 heavy (non-hydrogen) atoms. The van der Waals surface area contributed by atoms with E-state index >= 15 is 0 Å². The fourth-order valence-electron chi connectivity index (χ4n) is 6.20. The fourth-order valence-corrected chi connectivity index (χ4v) is 6.20. The van der Waals surface area contributed by atoms with Crippen LogP contribution in [0.15, 0.2) is 17.7 Å². The number of rotatable bonds is 11. The molecule has 1 aromatic carbocycles. The Hall–Kier alpha value is -1.89. The van der Waals surface area contributed by atoms with E-state index < -0.39 is 0 Å². The van der Waals surface area contributed by atoms with Gasteiger partial charge < -0.3 is 19.1 Å². The molecular weight excluding hydrogens is 476 g/mol. The Morgan fingerprint density at radius 2 is 1.87 bits per heavy atom. The second-order valence-electron chi connectivity index (χ2n) is 12.2. The Labute approximate surface area is 230 Å². The van der Waals surface area contributed by atoms with Crippen molar-refractivity contribution in [2.24, 2.45) is 5.92 Å². The van der Waals surface area contributed by atoms with Gasteiger partial charge in [0.15, 0.2) is 0 Å². The molecule has 0 aromatic heterocycles. The van der Waals surface area contributed by atoms with Crippen molar-refractivity contribution in [3.63, 3.8) is 0 Å². The van der Waals surface area contributed by atoms with Gasteiger partial charge in [-0.1, -0.05) is 46.5 Å². The minimum atomic E-state index is -0.363. The predicted octanol–water partition coefficient (Wildman–Crippen LogP) is 6.28. The minimum absolute atomic E-state index is 0.155. The Morgan fingerprint density at radius 1 is 1.11 bits per heavy atom. The first kappa shape index (κ1) is 29.1. The number of hydrogen-bond acceptors (Lipinski definition) is 6. The van der Waals surface area contributed by atoms with Crippen LogP contribution in [0, 0.1) is 5.92 Å². The molecule has 3 aliphatic heterocycles. The van der Waals surface area contributed by atoms with Crippen molar-refractivity contribution in [3.8, 4) is 11.5 Å². The van der Waals surface area contributed by atoms with Crippen LogP contribution in [0.5, 0.6) is 11.5 Å². The maximum absolute atomic E-state index is 13.1. The summed E-state index contributed by atoms with van der Waals surface area (Å²) in [5.74, 6) is 2.29. The van der Waals surface area contributed by atoms with Crippen molar-refractivity contribution >= 4 is 11.5 Å². The third-order valence-electron chi connectivity index (χ3n) is 8.84. The number of carbonyl (C=O) groups is 1. The van der Waals surface area contributed by atoms with Crippen molar-refractivity contribution in [1.29, 1.82) is 0 Å². The van der Waals surface area contributed by atoms with Gasteiger partial charge in [-0.05, 0) is 81.0 Å². The quantitative estimate of drug-likeness (QED) is 0.192. The summed E-state index contributed by atoms with van der Waals surface area (Å²) in [7, 11) is 2.16. The maximum Gasteiger partial charge on any atom is 0.311 e. The number of ether oxygens (including phenoxy) is 3. The molecule has 2 atom stereocenters. The first-order valence-electron chi connectivity index (χ1n) is 15.0. The van der Waals surface area contributed by atoms with E-state index in [1.807, 2.05) is 0 Å². The zero-order chi connectivity index (χ0) is 27.3. The third kappa shape index (κ3) is 7.00. The molecule has 2 unspecified atom stereocenters. The van der Waals surface area contributed by atoms with Gasteiger partial charge in [0.25, 0.3) is 0 Å². The molecule has 212 valence electrons. The van der Waals surface area contributed by atoms with Crippen LogP contribution >= 0.6 is 0 Å². The molecule has 0 amide bonds. The van der Waals surface area contributed by atoms with Crippen molar-refractivity contribution in [2.45, 2.75) is 91.1 Å². The van der Waals surface area contributed by atoms with Crippen LogP contribution in [0.25, 0.3) is 5.57 Å². The van der Waals surface area contributed by atoms with E-state index in [-0.39, 0.29) is 11.6 Å². The van der Waals surface area contributed by atoms with Crippen molar-refractivity contribution in [3.05, 3.63) is 28.8 Å². The number of unbranched alkanes of at least 4 members (excludes halogenated alkanes) is 2. The SMILES string of the molecule is CCCCCC(C)C(C)c1cc(OC(=O)CCCN2CCOCC2)c2c(c1)OC(C)(C)C1=C2CN(C)CC1. The van der Waals surface area contributed by atoms with Gasteiger partial charge in [0.2, 0.25) is 0 Å². The number of esters is 1. The van der Waals surface area contributed by atoms with E-state index in [0.717, 1.165) is 70.1 Å². The van der Waals surface area contributed by atoms with E-state index in [2.05, 4.69) is 63.6 Å².